The molecule has 6 nitrogen and oxygen atoms in total. The monoisotopic (exact) mass is 166 g/mol. The van der Waals surface area contributed by atoms with Crippen LogP contribution in [0.15, 0.2) is 5.16 Å². The van der Waals surface area contributed by atoms with E-state index in [0.29, 0.717) is 11.7 Å². The molecule has 8 heteroatoms. The smallest absolute Gasteiger partial charge is 0.222 e. The Labute approximate surface area is 55.1 Å². The molecule has 0 aliphatic carbocycles. The van der Waals surface area contributed by atoms with Crippen molar-refractivity contribution in [3.63, 3.8) is 0 Å². The normalized spacial score (nSPS) is 11.7. The van der Waals surface area contributed by atoms with E-state index >= 15 is 0 Å². The van der Waals surface area contributed by atoms with Crippen LogP contribution in [0.1, 0.15) is 0 Å². The summed E-state index contributed by atoms with van der Waals surface area (Å²) in [4.78, 5) is 0. The summed E-state index contributed by atoms with van der Waals surface area (Å²) in [6.45, 7) is 0. The Morgan fingerprint density at radius 1 is 1.56 bits per heavy atom. The van der Waals surface area contributed by atoms with Crippen LogP contribution in [0, 0.1) is 0 Å². The van der Waals surface area contributed by atoms with Gasteiger partial charge in [0.1, 0.15) is 0 Å². The summed E-state index contributed by atoms with van der Waals surface area (Å²) >= 11 is 0.696. The predicted molar refractivity (Wildman–Crippen MR) is 29.1 cm³/mol. The van der Waals surface area contributed by atoms with E-state index in [9.17, 15) is 8.42 Å². The highest BCUT2D eigenvalue weighted by atomic mass is 32.2. The number of nitrogens with two attached hydrogens (primary N) is 1. The molecule has 0 aliphatic rings. The fourth-order valence-corrected chi connectivity index (χ4v) is 1.21. The molecule has 2 N–H and O–H groups in total. The first-order chi connectivity index (χ1) is 4.11. The van der Waals surface area contributed by atoms with Crippen LogP contribution < -0.4 is 5.14 Å². The maximum absolute atomic E-state index is 10.3. The molecule has 1 heterocycles. The zero-order valence-electron chi connectivity index (χ0n) is 4.05. The minimum Gasteiger partial charge on any atom is -0.222 e. The summed E-state index contributed by atoms with van der Waals surface area (Å²) in [6, 6.07) is 0. The Hall–Kier alpha value is -0.600. The fraction of sp³-hybridized carbons (Fsp3) is 0. The van der Waals surface area contributed by atoms with Gasteiger partial charge in [-0.25, -0.2) is 13.6 Å². The lowest BCUT2D eigenvalue weighted by Crippen LogP contribution is -2.13. The molecule has 1 aromatic heterocycles. The second kappa shape index (κ2) is 1.97. The third kappa shape index (κ3) is 1.40. The van der Waals surface area contributed by atoms with Gasteiger partial charge in [0, 0.05) is 0 Å². The van der Waals surface area contributed by atoms with E-state index in [1.54, 1.807) is 0 Å². The van der Waals surface area contributed by atoms with Crippen molar-refractivity contribution in [2.24, 2.45) is 5.14 Å². The summed E-state index contributed by atoms with van der Waals surface area (Å²) in [5.41, 5.74) is 0. The minimum atomic E-state index is -3.73. The predicted octanol–water partition coefficient (Wildman–Crippen LogP) is -1.42. The molecule has 0 unspecified atom stereocenters. The minimum absolute atomic E-state index is 0.424. The molecule has 0 fully saturated rings. The molecule has 9 heavy (non-hydrogen) atoms. The number of nitrogens with zero attached hydrogens (tertiary/aromatic N) is 3. The lowest BCUT2D eigenvalue weighted by molar-refractivity contribution is 0.589. The quantitative estimate of drug-likeness (QED) is 0.552. The fourth-order valence-electron chi connectivity index (χ4n) is 0.233. The van der Waals surface area contributed by atoms with Gasteiger partial charge in [-0.05, 0) is 0 Å². The van der Waals surface area contributed by atoms with Crippen molar-refractivity contribution in [1.82, 2.24) is 14.0 Å². The Morgan fingerprint density at radius 3 is 2.44 bits per heavy atom. The van der Waals surface area contributed by atoms with E-state index < -0.39 is 15.2 Å². The second-order valence-corrected chi connectivity index (χ2v) is 3.15. The number of primary sulfonamides is 1. The van der Waals surface area contributed by atoms with Crippen LogP contribution in [-0.4, -0.2) is 22.4 Å². The molecular weight excluding hydrogens is 164 g/mol. The summed E-state index contributed by atoms with van der Waals surface area (Å²) in [5, 5.41) is 7.32. The first-order valence-corrected chi connectivity index (χ1v) is 4.06. The summed E-state index contributed by atoms with van der Waals surface area (Å²) in [5.74, 6) is 0. The number of hydrogen-bond acceptors (Lipinski definition) is 6. The Bertz CT molecular complexity index is 274. The van der Waals surface area contributed by atoms with Crippen molar-refractivity contribution < 1.29 is 8.42 Å². The van der Waals surface area contributed by atoms with Gasteiger partial charge in [0.05, 0.1) is 11.7 Å². The lowest BCUT2D eigenvalue weighted by atomic mass is 11.4. The molecule has 0 saturated carbocycles. The van der Waals surface area contributed by atoms with E-state index in [4.69, 9.17) is 0 Å². The molecule has 0 aromatic carbocycles. The van der Waals surface area contributed by atoms with Crippen LogP contribution in [0.25, 0.3) is 0 Å². The zero-order chi connectivity index (χ0) is 6.91. The SMILES string of the molecule is NS(=O)(=O)c1nnsn1. The van der Waals surface area contributed by atoms with E-state index in [-0.39, 0.29) is 0 Å². The molecular formula is CH2N4O2S2. The third-order valence-corrected chi connectivity index (χ3v) is 1.74. The van der Waals surface area contributed by atoms with E-state index in [2.05, 4.69) is 19.1 Å². The molecule has 50 valence electrons. The van der Waals surface area contributed by atoms with Crippen molar-refractivity contribution >= 4 is 21.8 Å². The van der Waals surface area contributed by atoms with Crippen molar-refractivity contribution in [2.75, 3.05) is 0 Å². The van der Waals surface area contributed by atoms with Gasteiger partial charge in [-0.2, -0.15) is 0 Å². The maximum atomic E-state index is 10.3. The van der Waals surface area contributed by atoms with Gasteiger partial charge in [0.2, 0.25) is 0 Å². The topological polar surface area (TPSA) is 98.8 Å². The summed E-state index contributed by atoms with van der Waals surface area (Å²) < 4.78 is 27.1. The summed E-state index contributed by atoms with van der Waals surface area (Å²) in [7, 11) is -3.73. The van der Waals surface area contributed by atoms with Crippen LogP contribution in [-0.2, 0) is 10.0 Å². The zero-order valence-corrected chi connectivity index (χ0v) is 5.68. The third-order valence-electron chi connectivity index (χ3n) is 0.536. The Balaban J connectivity index is 3.20. The number of rotatable bonds is 1. The number of aromatic nitrogens is 3. The van der Waals surface area contributed by atoms with Gasteiger partial charge in [0.25, 0.3) is 15.2 Å². The Morgan fingerprint density at radius 2 is 2.22 bits per heavy atom. The van der Waals surface area contributed by atoms with Crippen molar-refractivity contribution in [3.05, 3.63) is 0 Å². The standard InChI is InChI=1S/CH2N4O2S2/c2-9(6,7)1-3-5-8-4-1/h(H2,2,6,7). The van der Waals surface area contributed by atoms with Gasteiger partial charge >= 0.3 is 0 Å². The van der Waals surface area contributed by atoms with Crippen molar-refractivity contribution in [1.29, 1.82) is 0 Å². The highest BCUT2D eigenvalue weighted by molar-refractivity contribution is 7.89. The molecule has 0 saturated heterocycles. The van der Waals surface area contributed by atoms with Gasteiger partial charge in [-0.15, -0.1) is 9.47 Å². The van der Waals surface area contributed by atoms with Crippen LogP contribution in [0.2, 0.25) is 0 Å². The molecule has 1 rings (SSSR count). The van der Waals surface area contributed by atoms with Crippen molar-refractivity contribution in [3.8, 4) is 0 Å². The van der Waals surface area contributed by atoms with Crippen molar-refractivity contribution in [2.45, 2.75) is 5.16 Å². The first kappa shape index (κ1) is 6.52. The number of sulfonamides is 1. The first-order valence-electron chi connectivity index (χ1n) is 1.79. The molecule has 1 aromatic rings. The summed E-state index contributed by atoms with van der Waals surface area (Å²) in [6.07, 6.45) is 0. The molecule has 0 aliphatic heterocycles. The number of hydrogen-bond donors (Lipinski definition) is 1. The maximum Gasteiger partial charge on any atom is 0.295 e. The largest absolute Gasteiger partial charge is 0.295 e. The van der Waals surface area contributed by atoms with E-state index in [1.165, 1.54) is 0 Å². The Kier molecular flexibility index (Phi) is 1.43. The van der Waals surface area contributed by atoms with Crippen LogP contribution in [0.3, 0.4) is 0 Å². The molecule has 0 spiro atoms. The van der Waals surface area contributed by atoms with Gasteiger partial charge in [0.15, 0.2) is 0 Å². The van der Waals surface area contributed by atoms with Crippen LogP contribution >= 0.6 is 11.7 Å². The van der Waals surface area contributed by atoms with Gasteiger partial charge in [-0.1, -0.05) is 4.49 Å². The molecule has 0 bridgehead atoms. The lowest BCUT2D eigenvalue weighted by Gasteiger charge is -1.81. The van der Waals surface area contributed by atoms with E-state index in [0.717, 1.165) is 0 Å². The van der Waals surface area contributed by atoms with Gasteiger partial charge in [-0.3, -0.25) is 0 Å². The average molecular weight is 166 g/mol. The van der Waals surface area contributed by atoms with Crippen LogP contribution in [0.4, 0.5) is 0 Å². The molecule has 0 amide bonds. The highest BCUT2D eigenvalue weighted by Gasteiger charge is 2.11. The molecule has 0 atom stereocenters. The van der Waals surface area contributed by atoms with E-state index in [1.807, 2.05) is 0 Å². The highest BCUT2D eigenvalue weighted by Crippen LogP contribution is 1.94. The van der Waals surface area contributed by atoms with Crippen LogP contribution in [0.5, 0.6) is 0 Å². The second-order valence-electron chi connectivity index (χ2n) is 1.18. The molecule has 0 radical (unpaired) electrons. The van der Waals surface area contributed by atoms with Gasteiger partial charge < -0.3 is 0 Å². The average Bonchev–Trinajstić information content (AvgIpc) is 2.08.